The first-order valence-corrected chi connectivity index (χ1v) is 9.20. The number of nitrogens with zero attached hydrogens (tertiary/aromatic N) is 1. The van der Waals surface area contributed by atoms with Crippen LogP contribution < -0.4 is 14.8 Å². The van der Waals surface area contributed by atoms with Gasteiger partial charge in [0.05, 0.1) is 5.69 Å². The maximum absolute atomic E-state index is 11.0. The molecular formula is C17H22N2O3S. The number of nitrogens with two attached hydrogens (primary N) is 1. The Bertz CT molecular complexity index is 666. The fraction of sp³-hybridized carbons (Fsp3) is 0.294. The largest absolute Gasteiger partial charge is 0.466 e. The highest BCUT2D eigenvalue weighted by Gasteiger charge is 2.43. The highest BCUT2D eigenvalue weighted by molar-refractivity contribution is 8.26. The van der Waals surface area contributed by atoms with Crippen LogP contribution in [0.2, 0.25) is 0 Å². The third kappa shape index (κ3) is 2.90. The van der Waals surface area contributed by atoms with Crippen LogP contribution >= 0.6 is 10.8 Å². The summed E-state index contributed by atoms with van der Waals surface area (Å²) in [5, 5.41) is 0. The van der Waals surface area contributed by atoms with Crippen molar-refractivity contribution in [3.63, 3.8) is 0 Å². The molecule has 4 N–H and O–H groups in total. The Hall–Kier alpha value is -1.73. The third-order valence-corrected chi connectivity index (χ3v) is 6.11. The molecule has 2 aromatic rings. The van der Waals surface area contributed by atoms with Crippen molar-refractivity contribution in [2.45, 2.75) is 18.8 Å². The Morgan fingerprint density at radius 3 is 2.48 bits per heavy atom. The summed E-state index contributed by atoms with van der Waals surface area (Å²) in [6.07, 6.45) is 0.658. The molecule has 0 radical (unpaired) electrons. The van der Waals surface area contributed by atoms with Crippen LogP contribution in [-0.4, -0.2) is 21.1 Å². The number of fused-ring (bicyclic) bond motifs is 1. The molecule has 2 aromatic carbocycles. The van der Waals surface area contributed by atoms with Gasteiger partial charge in [-0.3, -0.25) is 9.11 Å². The minimum atomic E-state index is -3.20. The molecule has 0 bridgehead atoms. The molecule has 2 atom stereocenters. The van der Waals surface area contributed by atoms with E-state index >= 15 is 0 Å². The van der Waals surface area contributed by atoms with E-state index < -0.39 is 16.2 Å². The third-order valence-electron chi connectivity index (χ3n) is 3.98. The van der Waals surface area contributed by atoms with Crippen molar-refractivity contribution in [1.82, 2.24) is 0 Å². The number of hydrogen-bond acceptors (Lipinski definition) is 5. The molecular weight excluding hydrogens is 312 g/mol. The second-order valence-electron chi connectivity index (χ2n) is 5.70. The normalized spacial score (nSPS) is 21.9. The molecule has 0 fully saturated rings. The Morgan fingerprint density at radius 2 is 1.78 bits per heavy atom. The zero-order valence-corrected chi connectivity index (χ0v) is 13.8. The van der Waals surface area contributed by atoms with Crippen LogP contribution in [0.5, 0.6) is 5.75 Å². The van der Waals surface area contributed by atoms with Gasteiger partial charge in [0.15, 0.2) is 0 Å². The van der Waals surface area contributed by atoms with E-state index in [1.165, 1.54) is 0 Å². The average molecular weight is 334 g/mol. The number of benzene rings is 2. The number of para-hydroxylation sites is 3. The lowest BCUT2D eigenvalue weighted by molar-refractivity contribution is 0.189. The summed E-state index contributed by atoms with van der Waals surface area (Å²) in [5.74, 6) is 0.570. The Labute approximate surface area is 138 Å². The molecule has 0 amide bonds. The van der Waals surface area contributed by atoms with E-state index in [2.05, 4.69) is 0 Å². The quantitative estimate of drug-likeness (QED) is 0.781. The molecule has 1 aliphatic heterocycles. The van der Waals surface area contributed by atoms with Crippen molar-refractivity contribution in [3.05, 3.63) is 54.6 Å². The second-order valence-corrected chi connectivity index (χ2v) is 7.65. The van der Waals surface area contributed by atoms with Gasteiger partial charge in [-0.15, -0.1) is 0 Å². The van der Waals surface area contributed by atoms with Crippen LogP contribution in [0, 0.1) is 5.92 Å². The van der Waals surface area contributed by atoms with Crippen molar-refractivity contribution in [1.29, 1.82) is 0 Å². The van der Waals surface area contributed by atoms with E-state index in [0.717, 1.165) is 5.69 Å². The van der Waals surface area contributed by atoms with E-state index in [-0.39, 0.29) is 5.92 Å². The van der Waals surface area contributed by atoms with E-state index in [1.54, 1.807) is 4.31 Å². The highest BCUT2D eigenvalue weighted by atomic mass is 32.3. The summed E-state index contributed by atoms with van der Waals surface area (Å²) in [6.45, 7) is 2.41. The lowest BCUT2D eigenvalue weighted by atomic mass is 10.1. The van der Waals surface area contributed by atoms with Crippen molar-refractivity contribution >= 4 is 22.2 Å². The van der Waals surface area contributed by atoms with Gasteiger partial charge >= 0.3 is 0 Å². The molecule has 23 heavy (non-hydrogen) atoms. The van der Waals surface area contributed by atoms with Gasteiger partial charge in [-0.25, -0.2) is 4.31 Å². The maximum Gasteiger partial charge on any atom is 0.209 e. The van der Waals surface area contributed by atoms with Crippen LogP contribution in [-0.2, 0) is 0 Å². The molecule has 0 spiro atoms. The van der Waals surface area contributed by atoms with Crippen LogP contribution in [0.25, 0.3) is 0 Å². The number of rotatable bonds is 4. The van der Waals surface area contributed by atoms with Gasteiger partial charge in [0.25, 0.3) is 0 Å². The highest BCUT2D eigenvalue weighted by Crippen LogP contribution is 2.62. The zero-order valence-electron chi connectivity index (χ0n) is 13.0. The van der Waals surface area contributed by atoms with Gasteiger partial charge in [-0.1, -0.05) is 48.0 Å². The van der Waals surface area contributed by atoms with Gasteiger partial charge in [-0.05, 0) is 37.2 Å². The van der Waals surface area contributed by atoms with Crippen molar-refractivity contribution in [2.75, 3.05) is 10.8 Å². The van der Waals surface area contributed by atoms with Crippen LogP contribution in [0.3, 0.4) is 0 Å². The van der Waals surface area contributed by atoms with Crippen LogP contribution in [0.1, 0.15) is 13.3 Å². The summed E-state index contributed by atoms with van der Waals surface area (Å²) in [6, 6.07) is 16.8. The molecule has 0 aliphatic carbocycles. The summed E-state index contributed by atoms with van der Waals surface area (Å²) in [5.41, 5.74) is 6.31. The molecule has 124 valence electrons. The minimum absolute atomic E-state index is 0.0791. The molecule has 1 heterocycles. The smallest absolute Gasteiger partial charge is 0.209 e. The van der Waals surface area contributed by atoms with Crippen molar-refractivity contribution in [3.8, 4) is 5.75 Å². The SMILES string of the molecule is CC(CCN)C1Oc2ccccc2N(c2ccccc2)S1(O)O. The van der Waals surface area contributed by atoms with Gasteiger partial charge in [0.2, 0.25) is 5.44 Å². The topological polar surface area (TPSA) is 79.0 Å². The summed E-state index contributed by atoms with van der Waals surface area (Å²) in [4.78, 5) is 0. The monoisotopic (exact) mass is 334 g/mol. The molecule has 0 saturated carbocycles. The summed E-state index contributed by atoms with van der Waals surface area (Å²) >= 11 is 0. The van der Waals surface area contributed by atoms with E-state index in [9.17, 15) is 9.11 Å². The Balaban J connectivity index is 2.11. The average Bonchev–Trinajstić information content (AvgIpc) is 2.54. The fourth-order valence-corrected chi connectivity index (χ4v) is 4.92. The number of hydrogen-bond donors (Lipinski definition) is 3. The van der Waals surface area contributed by atoms with E-state index in [4.69, 9.17) is 10.5 Å². The maximum atomic E-state index is 11.0. The number of anilines is 2. The predicted molar refractivity (Wildman–Crippen MR) is 95.1 cm³/mol. The molecule has 2 unspecified atom stereocenters. The fourth-order valence-electron chi connectivity index (χ4n) is 2.85. The zero-order chi connectivity index (χ0) is 16.4. The first kappa shape index (κ1) is 16.1. The standard InChI is InChI=1S/C17H22N2O3S/c1-13(11-12-18)17-22-16-10-6-5-9-15(16)19(23(17,20)21)14-7-3-2-4-8-14/h2-10,13,17,20-21H,11-12,18H2,1H3. The second kappa shape index (κ2) is 6.41. The van der Waals surface area contributed by atoms with Gasteiger partial charge < -0.3 is 10.5 Å². The lowest BCUT2D eigenvalue weighted by Gasteiger charge is -2.53. The van der Waals surface area contributed by atoms with E-state index in [0.29, 0.717) is 24.4 Å². The minimum Gasteiger partial charge on any atom is -0.466 e. The first-order chi connectivity index (χ1) is 11.1. The Morgan fingerprint density at radius 1 is 1.13 bits per heavy atom. The van der Waals surface area contributed by atoms with Gasteiger partial charge in [0.1, 0.15) is 11.4 Å². The van der Waals surface area contributed by atoms with Crippen LogP contribution in [0.15, 0.2) is 54.6 Å². The first-order valence-electron chi connectivity index (χ1n) is 7.64. The molecule has 3 rings (SSSR count). The molecule has 0 aromatic heterocycles. The Kier molecular flexibility index (Phi) is 4.50. The number of ether oxygens (including phenoxy) is 1. The van der Waals surface area contributed by atoms with Crippen LogP contribution in [0.4, 0.5) is 11.4 Å². The molecule has 1 aliphatic rings. The summed E-state index contributed by atoms with van der Waals surface area (Å²) in [7, 11) is -3.20. The molecule has 5 nitrogen and oxygen atoms in total. The predicted octanol–water partition coefficient (Wildman–Crippen LogP) is 4.19. The summed E-state index contributed by atoms with van der Waals surface area (Å²) < 4.78 is 29.5. The lowest BCUT2D eigenvalue weighted by Crippen LogP contribution is -2.43. The van der Waals surface area contributed by atoms with Gasteiger partial charge in [0, 0.05) is 5.92 Å². The molecule has 0 saturated heterocycles. The van der Waals surface area contributed by atoms with Gasteiger partial charge in [-0.2, -0.15) is 0 Å². The van der Waals surface area contributed by atoms with Crippen molar-refractivity contribution < 1.29 is 13.8 Å². The molecule has 6 heteroatoms. The van der Waals surface area contributed by atoms with E-state index in [1.807, 2.05) is 61.5 Å². The van der Waals surface area contributed by atoms with Crippen molar-refractivity contribution in [2.24, 2.45) is 11.7 Å².